The predicted molar refractivity (Wildman–Crippen MR) is 183 cm³/mol. The zero-order chi connectivity index (χ0) is 33.0. The molecule has 0 fully saturated rings. The van der Waals surface area contributed by atoms with Crippen LogP contribution < -0.4 is 15.1 Å². The standard InChI is InChI=1S/C39H37F3N4O/c1-43-25-30-14-23-35-36(24-30)44-37(39(40,41)42)47-38(35,31-15-19-33(20-16-31)45(2)26-28-10-6-4-7-11-28)32-17-21-34(22-18-32)46(3)27-29-12-8-5-9-13-29/h4-24,43H,25-27H2,1-3H3. The molecule has 0 aromatic heterocycles. The van der Waals surface area contributed by atoms with Crippen LogP contribution in [0.15, 0.2) is 132 Å². The highest BCUT2D eigenvalue weighted by atomic mass is 19.4. The summed E-state index contributed by atoms with van der Waals surface area (Å²) in [6.07, 6.45) is -4.80. The van der Waals surface area contributed by atoms with Gasteiger partial charge in [0.15, 0.2) is 5.60 Å². The molecular weight excluding hydrogens is 597 g/mol. The molecule has 0 saturated carbocycles. The number of fused-ring (bicyclic) bond motifs is 1. The molecule has 0 radical (unpaired) electrons. The Balaban J connectivity index is 1.45. The minimum absolute atomic E-state index is 0.229. The SMILES string of the molecule is CNCc1ccc2c(c1)N=C(C(F)(F)F)OC2(c1ccc(N(C)Cc2ccccc2)cc1)c1ccc(N(C)Cc2ccccc2)cc1. The molecule has 5 aromatic carbocycles. The Kier molecular flexibility index (Phi) is 9.05. The van der Waals surface area contributed by atoms with Gasteiger partial charge in [-0.25, -0.2) is 4.99 Å². The number of aliphatic imine (C=N–C) groups is 1. The first-order chi connectivity index (χ1) is 22.7. The van der Waals surface area contributed by atoms with Crippen LogP contribution in [-0.2, 0) is 30.0 Å². The van der Waals surface area contributed by atoms with Gasteiger partial charge in [0, 0.05) is 61.8 Å². The highest BCUT2D eigenvalue weighted by Crippen LogP contribution is 2.49. The number of anilines is 2. The van der Waals surface area contributed by atoms with Crippen LogP contribution in [0.5, 0.6) is 0 Å². The summed E-state index contributed by atoms with van der Waals surface area (Å²) < 4.78 is 49.7. The van der Waals surface area contributed by atoms with Gasteiger partial charge < -0.3 is 19.9 Å². The van der Waals surface area contributed by atoms with Crippen LogP contribution in [0.25, 0.3) is 0 Å². The maximum Gasteiger partial charge on any atom is 0.468 e. The lowest BCUT2D eigenvalue weighted by molar-refractivity contribution is -0.0887. The molecule has 6 rings (SSSR count). The fourth-order valence-electron chi connectivity index (χ4n) is 6.13. The summed E-state index contributed by atoms with van der Waals surface area (Å²) in [4.78, 5) is 8.22. The molecule has 0 aliphatic carbocycles. The van der Waals surface area contributed by atoms with E-state index in [2.05, 4.69) is 44.4 Å². The summed E-state index contributed by atoms with van der Waals surface area (Å²) in [7, 11) is 5.78. The number of ether oxygens (including phenoxy) is 1. The summed E-state index contributed by atoms with van der Waals surface area (Å²) >= 11 is 0. The van der Waals surface area contributed by atoms with Crippen LogP contribution in [0.2, 0.25) is 0 Å². The van der Waals surface area contributed by atoms with Crippen LogP contribution in [-0.4, -0.2) is 33.2 Å². The van der Waals surface area contributed by atoms with E-state index in [1.807, 2.05) is 111 Å². The van der Waals surface area contributed by atoms with Gasteiger partial charge in [-0.3, -0.25) is 0 Å². The van der Waals surface area contributed by atoms with Gasteiger partial charge in [-0.15, -0.1) is 0 Å². The van der Waals surface area contributed by atoms with E-state index in [9.17, 15) is 13.2 Å². The summed E-state index contributed by atoms with van der Waals surface area (Å²) in [6, 6.07) is 40.8. The largest absolute Gasteiger partial charge is 0.468 e. The van der Waals surface area contributed by atoms with E-state index in [4.69, 9.17) is 4.74 Å². The number of benzene rings is 5. The third-order valence-electron chi connectivity index (χ3n) is 8.49. The molecule has 0 amide bonds. The highest BCUT2D eigenvalue weighted by molar-refractivity contribution is 5.89. The van der Waals surface area contributed by atoms with Gasteiger partial charge in [-0.05, 0) is 54.1 Å². The molecule has 1 heterocycles. The minimum atomic E-state index is -4.80. The molecule has 5 nitrogen and oxygen atoms in total. The summed E-state index contributed by atoms with van der Waals surface area (Å²) in [5, 5.41) is 3.07. The number of alkyl halides is 3. The Hall–Kier alpha value is -5.08. The summed E-state index contributed by atoms with van der Waals surface area (Å²) in [5.74, 6) is -1.28. The van der Waals surface area contributed by atoms with Crippen LogP contribution in [0.4, 0.5) is 30.2 Å². The van der Waals surface area contributed by atoms with Crippen molar-refractivity contribution in [1.82, 2.24) is 5.32 Å². The maximum absolute atomic E-state index is 14.5. The number of rotatable bonds is 10. The second kappa shape index (κ2) is 13.3. The van der Waals surface area contributed by atoms with Crippen molar-refractivity contribution in [3.63, 3.8) is 0 Å². The topological polar surface area (TPSA) is 40.1 Å². The van der Waals surface area contributed by atoms with E-state index in [1.165, 1.54) is 0 Å². The van der Waals surface area contributed by atoms with Crippen molar-refractivity contribution in [2.24, 2.45) is 4.99 Å². The Morgan fingerprint density at radius 3 is 1.60 bits per heavy atom. The second-order valence-corrected chi connectivity index (χ2v) is 11.9. The quantitative estimate of drug-likeness (QED) is 0.167. The van der Waals surface area contributed by atoms with Crippen molar-refractivity contribution in [2.75, 3.05) is 30.9 Å². The van der Waals surface area contributed by atoms with Crippen molar-refractivity contribution in [2.45, 2.75) is 31.4 Å². The van der Waals surface area contributed by atoms with Crippen LogP contribution in [0.1, 0.15) is 33.4 Å². The molecule has 8 heteroatoms. The second-order valence-electron chi connectivity index (χ2n) is 11.9. The van der Waals surface area contributed by atoms with E-state index < -0.39 is 17.7 Å². The van der Waals surface area contributed by atoms with Gasteiger partial charge >= 0.3 is 6.18 Å². The van der Waals surface area contributed by atoms with E-state index in [-0.39, 0.29) is 5.69 Å². The molecule has 0 atom stereocenters. The van der Waals surface area contributed by atoms with Crippen molar-refractivity contribution < 1.29 is 17.9 Å². The Labute approximate surface area is 274 Å². The van der Waals surface area contributed by atoms with E-state index in [1.54, 1.807) is 13.1 Å². The normalized spacial score (nSPS) is 13.7. The Bertz CT molecular complexity index is 1730. The lowest BCUT2D eigenvalue weighted by Gasteiger charge is -2.40. The molecule has 0 unspecified atom stereocenters. The van der Waals surface area contributed by atoms with Crippen molar-refractivity contribution in [3.05, 3.63) is 161 Å². The number of hydrogen-bond donors (Lipinski definition) is 1. The highest BCUT2D eigenvalue weighted by Gasteiger charge is 2.51. The molecule has 0 bridgehead atoms. The number of hydrogen-bond acceptors (Lipinski definition) is 5. The minimum Gasteiger partial charge on any atom is -0.453 e. The average molecular weight is 635 g/mol. The number of halogens is 3. The molecule has 47 heavy (non-hydrogen) atoms. The molecule has 5 aromatic rings. The number of nitrogens with one attached hydrogen (secondary N) is 1. The smallest absolute Gasteiger partial charge is 0.453 e. The first-order valence-corrected chi connectivity index (χ1v) is 15.5. The molecule has 1 N–H and O–H groups in total. The lowest BCUT2D eigenvalue weighted by Crippen LogP contribution is -2.42. The third-order valence-corrected chi connectivity index (χ3v) is 8.49. The zero-order valence-electron chi connectivity index (χ0n) is 26.6. The van der Waals surface area contributed by atoms with Gasteiger partial charge in [0.25, 0.3) is 5.90 Å². The molecule has 1 aliphatic heterocycles. The molecule has 1 aliphatic rings. The molecule has 0 saturated heterocycles. The first kappa shape index (κ1) is 31.9. The third kappa shape index (κ3) is 6.74. The van der Waals surface area contributed by atoms with Crippen molar-refractivity contribution in [1.29, 1.82) is 0 Å². The molecule has 240 valence electrons. The van der Waals surface area contributed by atoms with Gasteiger partial charge in [-0.1, -0.05) is 97.1 Å². The van der Waals surface area contributed by atoms with Crippen molar-refractivity contribution >= 4 is 23.0 Å². The van der Waals surface area contributed by atoms with Gasteiger partial charge in [0.2, 0.25) is 0 Å². The number of nitrogens with zero attached hydrogens (tertiary/aromatic N) is 3. The Morgan fingerprint density at radius 2 is 1.15 bits per heavy atom. The van der Waals surface area contributed by atoms with Gasteiger partial charge in [0.1, 0.15) is 0 Å². The van der Waals surface area contributed by atoms with E-state index in [0.29, 0.717) is 36.3 Å². The molecular formula is C39H37F3N4O. The fraction of sp³-hybridized carbons (Fsp3) is 0.205. The van der Waals surface area contributed by atoms with Crippen LogP contribution >= 0.6 is 0 Å². The lowest BCUT2D eigenvalue weighted by atomic mass is 9.78. The summed E-state index contributed by atoms with van der Waals surface area (Å²) in [6.45, 7) is 1.85. The van der Waals surface area contributed by atoms with Gasteiger partial charge in [0.05, 0.1) is 5.69 Å². The zero-order valence-corrected chi connectivity index (χ0v) is 26.6. The predicted octanol–water partition coefficient (Wildman–Crippen LogP) is 8.59. The fourth-order valence-corrected chi connectivity index (χ4v) is 6.13. The van der Waals surface area contributed by atoms with Crippen molar-refractivity contribution in [3.8, 4) is 0 Å². The first-order valence-electron chi connectivity index (χ1n) is 15.5. The van der Waals surface area contributed by atoms with Crippen LogP contribution in [0, 0.1) is 0 Å². The van der Waals surface area contributed by atoms with Gasteiger partial charge in [-0.2, -0.15) is 13.2 Å². The van der Waals surface area contributed by atoms with E-state index >= 15 is 0 Å². The van der Waals surface area contributed by atoms with E-state index in [0.717, 1.165) is 28.1 Å². The summed E-state index contributed by atoms with van der Waals surface area (Å²) in [5.41, 5.74) is 5.29. The Morgan fingerprint density at radius 1 is 0.660 bits per heavy atom. The van der Waals surface area contributed by atoms with Crippen LogP contribution in [0.3, 0.4) is 0 Å². The molecule has 0 spiro atoms. The average Bonchev–Trinajstić information content (AvgIpc) is 3.08. The maximum atomic E-state index is 14.5. The monoisotopic (exact) mass is 634 g/mol.